The zero-order valence-corrected chi connectivity index (χ0v) is 11.2. The topological polar surface area (TPSA) is 72.5 Å². The number of ether oxygens (including phenoxy) is 1. The van der Waals surface area contributed by atoms with Crippen LogP contribution in [0, 0.1) is 0 Å². The number of hydrogen-bond donors (Lipinski definition) is 2. The maximum absolute atomic E-state index is 10.6. The quantitative estimate of drug-likeness (QED) is 0.877. The number of nitrogens with two attached hydrogens (primary N) is 1. The van der Waals surface area contributed by atoms with E-state index in [0.29, 0.717) is 0 Å². The molecule has 2 aromatic rings. The molecule has 1 atom stereocenters. The molecule has 104 valence electrons. The SMILES string of the molecule is COc1ccc(-c2ccc(C(N)CC(=O)O)cc2)cc1. The van der Waals surface area contributed by atoms with Crippen LogP contribution in [0.25, 0.3) is 11.1 Å². The molecule has 0 aliphatic carbocycles. The summed E-state index contributed by atoms with van der Waals surface area (Å²) in [6, 6.07) is 14.9. The van der Waals surface area contributed by atoms with Gasteiger partial charge in [-0.15, -0.1) is 0 Å². The molecule has 4 nitrogen and oxygen atoms in total. The molecule has 0 saturated carbocycles. The fraction of sp³-hybridized carbons (Fsp3) is 0.188. The van der Waals surface area contributed by atoms with Gasteiger partial charge in [0, 0.05) is 6.04 Å². The number of aliphatic carboxylic acids is 1. The molecule has 2 aromatic carbocycles. The van der Waals surface area contributed by atoms with Crippen LogP contribution in [0.15, 0.2) is 48.5 Å². The number of carbonyl (C=O) groups is 1. The Morgan fingerprint density at radius 1 is 1.10 bits per heavy atom. The summed E-state index contributed by atoms with van der Waals surface area (Å²) in [5.74, 6) is -0.0782. The number of methoxy groups -OCH3 is 1. The third-order valence-electron chi connectivity index (χ3n) is 3.16. The molecule has 0 aliphatic heterocycles. The van der Waals surface area contributed by atoms with Crippen molar-refractivity contribution < 1.29 is 14.6 Å². The van der Waals surface area contributed by atoms with Gasteiger partial charge in [0.25, 0.3) is 0 Å². The van der Waals surface area contributed by atoms with Crippen molar-refractivity contribution in [2.75, 3.05) is 7.11 Å². The molecule has 4 heteroatoms. The molecule has 0 heterocycles. The van der Waals surface area contributed by atoms with Crippen molar-refractivity contribution in [1.29, 1.82) is 0 Å². The van der Waals surface area contributed by atoms with E-state index in [-0.39, 0.29) is 6.42 Å². The molecule has 3 N–H and O–H groups in total. The zero-order chi connectivity index (χ0) is 14.5. The van der Waals surface area contributed by atoms with E-state index in [1.165, 1.54) is 0 Å². The minimum absolute atomic E-state index is 0.0676. The van der Waals surface area contributed by atoms with Crippen LogP contribution in [-0.4, -0.2) is 18.2 Å². The van der Waals surface area contributed by atoms with Crippen molar-refractivity contribution in [3.8, 4) is 16.9 Å². The predicted molar refractivity (Wildman–Crippen MR) is 77.6 cm³/mol. The molecular formula is C16H17NO3. The Labute approximate surface area is 117 Å². The average molecular weight is 271 g/mol. The summed E-state index contributed by atoms with van der Waals surface area (Å²) in [6.07, 6.45) is -0.0676. The van der Waals surface area contributed by atoms with Gasteiger partial charge in [0.1, 0.15) is 5.75 Å². The van der Waals surface area contributed by atoms with Crippen molar-refractivity contribution in [1.82, 2.24) is 0 Å². The van der Waals surface area contributed by atoms with Crippen molar-refractivity contribution in [3.63, 3.8) is 0 Å². The molecular weight excluding hydrogens is 254 g/mol. The van der Waals surface area contributed by atoms with Crippen LogP contribution >= 0.6 is 0 Å². The molecule has 0 radical (unpaired) electrons. The number of carboxylic acids is 1. The number of carboxylic acid groups (broad SMARTS) is 1. The molecule has 0 fully saturated rings. The highest BCUT2D eigenvalue weighted by atomic mass is 16.5. The Kier molecular flexibility index (Phi) is 4.38. The molecule has 1 unspecified atom stereocenters. The molecule has 0 bridgehead atoms. The maximum atomic E-state index is 10.6. The molecule has 20 heavy (non-hydrogen) atoms. The third-order valence-corrected chi connectivity index (χ3v) is 3.16. The van der Waals surface area contributed by atoms with Gasteiger partial charge in [-0.2, -0.15) is 0 Å². The summed E-state index contributed by atoms with van der Waals surface area (Å²) >= 11 is 0. The van der Waals surface area contributed by atoms with Gasteiger partial charge in [0.2, 0.25) is 0 Å². The van der Waals surface area contributed by atoms with Crippen LogP contribution in [0.2, 0.25) is 0 Å². The van der Waals surface area contributed by atoms with Crippen LogP contribution in [-0.2, 0) is 4.79 Å². The Morgan fingerprint density at radius 3 is 2.05 bits per heavy atom. The van der Waals surface area contributed by atoms with Crippen LogP contribution < -0.4 is 10.5 Å². The lowest BCUT2D eigenvalue weighted by molar-refractivity contribution is -0.137. The summed E-state index contributed by atoms with van der Waals surface area (Å²) in [7, 11) is 1.63. The van der Waals surface area contributed by atoms with Crippen molar-refractivity contribution in [2.45, 2.75) is 12.5 Å². The predicted octanol–water partition coefficient (Wildman–Crippen LogP) is 2.84. The van der Waals surface area contributed by atoms with E-state index in [2.05, 4.69) is 0 Å². The second-order valence-electron chi connectivity index (χ2n) is 4.55. The van der Waals surface area contributed by atoms with Gasteiger partial charge in [-0.05, 0) is 28.8 Å². The summed E-state index contributed by atoms with van der Waals surface area (Å²) in [4.78, 5) is 10.6. The smallest absolute Gasteiger partial charge is 0.305 e. The van der Waals surface area contributed by atoms with Crippen molar-refractivity contribution >= 4 is 5.97 Å². The lowest BCUT2D eigenvalue weighted by Gasteiger charge is -2.10. The third kappa shape index (κ3) is 3.36. The molecule has 0 aliphatic rings. The van der Waals surface area contributed by atoms with Crippen LogP contribution in [0.3, 0.4) is 0 Å². The van der Waals surface area contributed by atoms with Gasteiger partial charge in [-0.1, -0.05) is 36.4 Å². The molecule has 2 rings (SSSR count). The highest BCUT2D eigenvalue weighted by Crippen LogP contribution is 2.24. The van der Waals surface area contributed by atoms with E-state index in [1.54, 1.807) is 7.11 Å². The van der Waals surface area contributed by atoms with E-state index in [4.69, 9.17) is 15.6 Å². The van der Waals surface area contributed by atoms with Crippen LogP contribution in [0.1, 0.15) is 18.0 Å². The van der Waals surface area contributed by atoms with E-state index in [9.17, 15) is 4.79 Å². The molecule has 0 amide bonds. The monoisotopic (exact) mass is 271 g/mol. The summed E-state index contributed by atoms with van der Waals surface area (Å²) in [6.45, 7) is 0. The van der Waals surface area contributed by atoms with E-state index in [1.807, 2.05) is 48.5 Å². The van der Waals surface area contributed by atoms with Gasteiger partial charge in [-0.25, -0.2) is 0 Å². The Bertz CT molecular complexity index is 576. The molecule has 0 aromatic heterocycles. The number of benzene rings is 2. The second-order valence-corrected chi connectivity index (χ2v) is 4.55. The van der Waals surface area contributed by atoms with Gasteiger partial charge in [-0.3, -0.25) is 4.79 Å². The normalized spacial score (nSPS) is 11.9. The van der Waals surface area contributed by atoms with Crippen molar-refractivity contribution in [3.05, 3.63) is 54.1 Å². The van der Waals surface area contributed by atoms with Crippen LogP contribution in [0.4, 0.5) is 0 Å². The highest BCUT2D eigenvalue weighted by molar-refractivity contribution is 5.68. The zero-order valence-electron chi connectivity index (χ0n) is 11.2. The molecule has 0 spiro atoms. The van der Waals surface area contributed by atoms with E-state index >= 15 is 0 Å². The minimum Gasteiger partial charge on any atom is -0.497 e. The number of hydrogen-bond acceptors (Lipinski definition) is 3. The largest absolute Gasteiger partial charge is 0.497 e. The second kappa shape index (κ2) is 6.21. The minimum atomic E-state index is -0.892. The first-order valence-electron chi connectivity index (χ1n) is 6.32. The fourth-order valence-electron chi connectivity index (χ4n) is 2.01. The average Bonchev–Trinajstić information content (AvgIpc) is 2.47. The van der Waals surface area contributed by atoms with E-state index < -0.39 is 12.0 Å². The molecule has 0 saturated heterocycles. The Morgan fingerprint density at radius 2 is 1.60 bits per heavy atom. The van der Waals surface area contributed by atoms with Gasteiger partial charge in [0.15, 0.2) is 0 Å². The van der Waals surface area contributed by atoms with Crippen LogP contribution in [0.5, 0.6) is 5.75 Å². The summed E-state index contributed by atoms with van der Waals surface area (Å²) in [5.41, 5.74) is 8.78. The fourth-order valence-corrected chi connectivity index (χ4v) is 2.01. The number of rotatable bonds is 5. The maximum Gasteiger partial charge on any atom is 0.305 e. The Hall–Kier alpha value is -2.33. The van der Waals surface area contributed by atoms with Gasteiger partial charge in [0.05, 0.1) is 13.5 Å². The highest BCUT2D eigenvalue weighted by Gasteiger charge is 2.10. The van der Waals surface area contributed by atoms with Gasteiger partial charge < -0.3 is 15.6 Å². The first-order valence-corrected chi connectivity index (χ1v) is 6.32. The Balaban J connectivity index is 2.16. The van der Waals surface area contributed by atoms with E-state index in [0.717, 1.165) is 22.4 Å². The van der Waals surface area contributed by atoms with Gasteiger partial charge >= 0.3 is 5.97 Å². The van der Waals surface area contributed by atoms with Crippen molar-refractivity contribution in [2.24, 2.45) is 5.73 Å². The summed E-state index contributed by atoms with van der Waals surface area (Å²) in [5, 5.41) is 8.74. The lowest BCUT2D eigenvalue weighted by Crippen LogP contribution is -2.14. The summed E-state index contributed by atoms with van der Waals surface area (Å²) < 4.78 is 5.12. The first kappa shape index (κ1) is 14.1. The lowest BCUT2D eigenvalue weighted by atomic mass is 10.00. The first-order chi connectivity index (χ1) is 9.60. The standard InChI is InChI=1S/C16H17NO3/c1-20-14-8-6-12(7-9-14)11-2-4-13(5-3-11)15(17)10-16(18)19/h2-9,15H,10,17H2,1H3,(H,18,19).